The minimum Gasteiger partial charge on any atom is -0.493 e. The highest BCUT2D eigenvalue weighted by Crippen LogP contribution is 2.50. The van der Waals surface area contributed by atoms with Gasteiger partial charge < -0.3 is 35.1 Å². The number of rotatable bonds is 12. The highest BCUT2D eigenvalue weighted by molar-refractivity contribution is 5.84. The van der Waals surface area contributed by atoms with E-state index in [0.717, 1.165) is 28.6 Å². The molecule has 4 aromatic rings. The van der Waals surface area contributed by atoms with Crippen LogP contribution in [0.15, 0.2) is 59.5 Å². The van der Waals surface area contributed by atoms with Gasteiger partial charge in [0, 0.05) is 49.1 Å². The first kappa shape index (κ1) is 31.4. The molecule has 1 atom stereocenters. The van der Waals surface area contributed by atoms with Crippen molar-refractivity contribution in [2.45, 2.75) is 45.1 Å². The number of hydrogen-bond donors (Lipinski definition) is 4. The minimum atomic E-state index is -0.382. The number of fused-ring (bicyclic) bond motifs is 4. The van der Waals surface area contributed by atoms with Crippen molar-refractivity contribution in [3.05, 3.63) is 81.6 Å². The van der Waals surface area contributed by atoms with Crippen LogP contribution in [0.1, 0.15) is 48.9 Å². The third kappa shape index (κ3) is 6.90. The average molecular weight is 613 g/mol. The Hall–Kier alpha value is -4.99. The summed E-state index contributed by atoms with van der Waals surface area (Å²) in [6, 6.07) is 14.9. The maximum Gasteiger partial charge on any atom is 0.220 e. The minimum absolute atomic E-state index is 0.0319. The van der Waals surface area contributed by atoms with E-state index in [4.69, 9.17) is 14.2 Å². The van der Waals surface area contributed by atoms with Gasteiger partial charge in [0.1, 0.15) is 0 Å². The van der Waals surface area contributed by atoms with E-state index in [0.29, 0.717) is 67.3 Å². The molecular weight excluding hydrogens is 572 g/mol. The summed E-state index contributed by atoms with van der Waals surface area (Å²) in [7, 11) is 4.70. The molecule has 10 heteroatoms. The Kier molecular flexibility index (Phi) is 9.92. The van der Waals surface area contributed by atoms with Gasteiger partial charge in [-0.15, -0.1) is 0 Å². The Morgan fingerprint density at radius 2 is 1.78 bits per heavy atom. The van der Waals surface area contributed by atoms with Gasteiger partial charge in [-0.2, -0.15) is 0 Å². The third-order valence-corrected chi connectivity index (χ3v) is 8.20. The van der Waals surface area contributed by atoms with Crippen molar-refractivity contribution in [2.75, 3.05) is 39.7 Å². The van der Waals surface area contributed by atoms with Crippen LogP contribution in [0.3, 0.4) is 0 Å². The second-order valence-electron chi connectivity index (χ2n) is 11.1. The van der Waals surface area contributed by atoms with Crippen LogP contribution in [0.2, 0.25) is 0 Å². The first-order valence-electron chi connectivity index (χ1n) is 15.2. The number of amides is 2. The standard InChI is InChI=1S/C35H40N4O6/c1-21(40)39-28-13-11-22-18-31(43-2)34(44-3)35(45-4)33(22)25-12-14-29(30(41)19-26(25)28)36-16-7-10-32(42)37-17-15-23-20-38-27-9-6-5-8-24(23)27/h5-6,8-9,12,14,18-20,28,38H,7,10-11,13,15-17H2,1-4H3,(H,36,41)(H,37,42)(H,39,40). The van der Waals surface area contributed by atoms with Gasteiger partial charge in [0.05, 0.1) is 33.1 Å². The van der Waals surface area contributed by atoms with Gasteiger partial charge in [0.15, 0.2) is 11.5 Å². The fraction of sp³-hybridized carbons (Fsp3) is 0.343. The molecule has 1 aromatic heterocycles. The molecule has 1 aliphatic rings. The molecule has 45 heavy (non-hydrogen) atoms. The molecule has 0 saturated heterocycles. The second kappa shape index (κ2) is 14.2. The van der Waals surface area contributed by atoms with Crippen LogP contribution in [0.5, 0.6) is 17.2 Å². The summed E-state index contributed by atoms with van der Waals surface area (Å²) in [5.74, 6) is 1.28. The summed E-state index contributed by atoms with van der Waals surface area (Å²) in [5.41, 5.74) is 5.67. The van der Waals surface area contributed by atoms with Crippen LogP contribution in [0.25, 0.3) is 22.0 Å². The van der Waals surface area contributed by atoms with Crippen LogP contribution in [-0.2, 0) is 22.4 Å². The summed E-state index contributed by atoms with van der Waals surface area (Å²) in [6.45, 7) is 2.46. The van der Waals surface area contributed by atoms with Crippen molar-refractivity contribution >= 4 is 28.4 Å². The second-order valence-corrected chi connectivity index (χ2v) is 11.1. The molecule has 0 saturated carbocycles. The summed E-state index contributed by atoms with van der Waals surface area (Å²) in [4.78, 5) is 41.4. The molecule has 10 nitrogen and oxygen atoms in total. The van der Waals surface area contributed by atoms with E-state index in [-0.39, 0.29) is 23.3 Å². The fourth-order valence-corrected chi connectivity index (χ4v) is 6.09. The predicted molar refractivity (Wildman–Crippen MR) is 175 cm³/mol. The quantitative estimate of drug-likeness (QED) is 0.168. The van der Waals surface area contributed by atoms with Gasteiger partial charge in [-0.25, -0.2) is 0 Å². The van der Waals surface area contributed by atoms with Gasteiger partial charge in [-0.05, 0) is 72.2 Å². The molecule has 236 valence electrons. The lowest BCUT2D eigenvalue weighted by Crippen LogP contribution is -2.26. The van der Waals surface area contributed by atoms with E-state index >= 15 is 0 Å². The number of anilines is 1. The van der Waals surface area contributed by atoms with Crippen molar-refractivity contribution in [1.82, 2.24) is 15.6 Å². The Balaban J connectivity index is 1.30. The summed E-state index contributed by atoms with van der Waals surface area (Å²) < 4.78 is 17.1. The number of hydrogen-bond acceptors (Lipinski definition) is 7. The van der Waals surface area contributed by atoms with E-state index in [1.165, 1.54) is 17.9 Å². The van der Waals surface area contributed by atoms with E-state index in [2.05, 4.69) is 27.0 Å². The molecule has 0 spiro atoms. The van der Waals surface area contributed by atoms with Crippen molar-refractivity contribution in [3.63, 3.8) is 0 Å². The summed E-state index contributed by atoms with van der Waals surface area (Å²) >= 11 is 0. The van der Waals surface area contributed by atoms with Crippen LogP contribution in [-0.4, -0.2) is 51.2 Å². The molecule has 0 bridgehead atoms. The lowest BCUT2D eigenvalue weighted by atomic mass is 9.95. The van der Waals surface area contributed by atoms with Crippen LogP contribution in [0, 0.1) is 0 Å². The number of carbonyl (C=O) groups excluding carboxylic acids is 2. The SMILES string of the molecule is COc1cc2c(c(OC)c1OC)-c1ccc(NCCCC(=O)NCCc3c[nH]c4ccccc34)c(=O)cc1C(NC(C)=O)CC2. The Morgan fingerprint density at radius 3 is 2.53 bits per heavy atom. The number of carbonyl (C=O) groups is 2. The smallest absolute Gasteiger partial charge is 0.220 e. The molecule has 0 fully saturated rings. The maximum atomic E-state index is 13.5. The topological polar surface area (TPSA) is 131 Å². The highest BCUT2D eigenvalue weighted by atomic mass is 16.5. The number of aromatic nitrogens is 1. The number of methoxy groups -OCH3 is 3. The largest absolute Gasteiger partial charge is 0.493 e. The van der Waals surface area contributed by atoms with E-state index < -0.39 is 0 Å². The Morgan fingerprint density at radius 1 is 0.978 bits per heavy atom. The van der Waals surface area contributed by atoms with Crippen molar-refractivity contribution in [2.24, 2.45) is 0 Å². The Labute approximate surface area is 262 Å². The van der Waals surface area contributed by atoms with E-state index in [1.54, 1.807) is 33.5 Å². The average Bonchev–Trinajstić information content (AvgIpc) is 3.30. The van der Waals surface area contributed by atoms with Crippen molar-refractivity contribution in [3.8, 4) is 28.4 Å². The van der Waals surface area contributed by atoms with Gasteiger partial charge in [-0.3, -0.25) is 14.4 Å². The Bertz CT molecular complexity index is 1770. The highest BCUT2D eigenvalue weighted by Gasteiger charge is 2.29. The number of aromatic amines is 1. The molecule has 3 aromatic carbocycles. The first-order valence-corrected chi connectivity index (χ1v) is 15.2. The monoisotopic (exact) mass is 612 g/mol. The normalized spacial score (nSPS) is 13.6. The van der Waals surface area contributed by atoms with Crippen LogP contribution >= 0.6 is 0 Å². The lowest BCUT2D eigenvalue weighted by molar-refractivity contribution is -0.121. The van der Waals surface area contributed by atoms with E-state index in [9.17, 15) is 14.4 Å². The molecular formula is C35H40N4O6. The first-order chi connectivity index (χ1) is 21.8. The number of aryl methyl sites for hydroxylation is 1. The molecule has 5 rings (SSSR count). The zero-order chi connectivity index (χ0) is 31.9. The fourth-order valence-electron chi connectivity index (χ4n) is 6.09. The number of benzene rings is 2. The number of nitrogens with one attached hydrogen (secondary N) is 4. The molecule has 4 N–H and O–H groups in total. The van der Waals surface area contributed by atoms with Crippen molar-refractivity contribution < 1.29 is 23.8 Å². The number of para-hydroxylation sites is 1. The third-order valence-electron chi connectivity index (χ3n) is 8.20. The molecule has 0 aliphatic heterocycles. The molecule has 0 radical (unpaired) electrons. The molecule has 1 heterocycles. The van der Waals surface area contributed by atoms with Crippen LogP contribution in [0.4, 0.5) is 5.69 Å². The van der Waals surface area contributed by atoms with Crippen molar-refractivity contribution in [1.29, 1.82) is 0 Å². The summed E-state index contributed by atoms with van der Waals surface area (Å²) in [5, 5.41) is 10.4. The van der Waals surface area contributed by atoms with Gasteiger partial charge in [-0.1, -0.05) is 24.3 Å². The zero-order valence-corrected chi connectivity index (χ0v) is 26.2. The van der Waals surface area contributed by atoms with Gasteiger partial charge in [0.2, 0.25) is 23.0 Å². The zero-order valence-electron chi connectivity index (χ0n) is 26.2. The molecule has 2 amide bonds. The molecule has 1 unspecified atom stereocenters. The maximum absolute atomic E-state index is 13.5. The number of ether oxygens (including phenoxy) is 3. The van der Waals surface area contributed by atoms with Gasteiger partial charge in [0.25, 0.3) is 0 Å². The molecule has 1 aliphatic carbocycles. The summed E-state index contributed by atoms with van der Waals surface area (Å²) in [6.07, 6.45) is 4.82. The van der Waals surface area contributed by atoms with Gasteiger partial charge >= 0.3 is 0 Å². The van der Waals surface area contributed by atoms with E-state index in [1.807, 2.05) is 36.5 Å². The van der Waals surface area contributed by atoms with Crippen LogP contribution < -0.4 is 35.6 Å². The number of H-pyrrole nitrogens is 1. The lowest BCUT2D eigenvalue weighted by Gasteiger charge is -2.19. The predicted octanol–water partition coefficient (Wildman–Crippen LogP) is 4.90.